The molecule has 0 fully saturated rings. The Hall–Kier alpha value is -1.53. The summed E-state index contributed by atoms with van der Waals surface area (Å²) in [5, 5.41) is 0. The van der Waals surface area contributed by atoms with Crippen molar-refractivity contribution in [2.45, 2.75) is 72.6 Å². The van der Waals surface area contributed by atoms with Crippen molar-refractivity contribution < 1.29 is 9.05 Å². The van der Waals surface area contributed by atoms with E-state index in [1.165, 1.54) is 33.4 Å². The molecule has 3 rings (SSSR count). The molecule has 0 atom stereocenters. The largest absolute Gasteiger partial charge is 0.440 e. The molecule has 0 N–H and O–H groups in total. The van der Waals surface area contributed by atoms with Gasteiger partial charge in [-0.1, -0.05) is 76.9 Å². The molecule has 2 aromatic carbocycles. The predicted molar refractivity (Wildman–Crippen MR) is 112 cm³/mol. The standard InChI is InChI=1S/C23H31O2P/c1-14-9-16-13-17-10-15(2)12-19(23(6,7)8)21(17)25-26-24-20(16)18(11-14)22(3,4)5/h9-12,26H,13H2,1-8H3. The van der Waals surface area contributed by atoms with Gasteiger partial charge in [-0.25, -0.2) is 0 Å². The fourth-order valence-electron chi connectivity index (χ4n) is 3.62. The summed E-state index contributed by atoms with van der Waals surface area (Å²) < 4.78 is 12.4. The molecule has 0 aromatic heterocycles. The molecule has 0 spiro atoms. The first-order valence-electron chi connectivity index (χ1n) is 9.33. The second-order valence-corrected chi connectivity index (χ2v) is 10.1. The van der Waals surface area contributed by atoms with Crippen molar-refractivity contribution in [3.63, 3.8) is 0 Å². The van der Waals surface area contributed by atoms with Crippen molar-refractivity contribution in [1.82, 2.24) is 0 Å². The second-order valence-electron chi connectivity index (χ2n) is 9.57. The Morgan fingerprint density at radius 2 is 1.08 bits per heavy atom. The van der Waals surface area contributed by atoms with E-state index in [1.807, 2.05) is 0 Å². The van der Waals surface area contributed by atoms with E-state index in [1.54, 1.807) is 0 Å². The summed E-state index contributed by atoms with van der Waals surface area (Å²) in [4.78, 5) is 0. The Morgan fingerprint density at radius 1 is 0.692 bits per heavy atom. The Labute approximate surface area is 160 Å². The Morgan fingerprint density at radius 3 is 1.42 bits per heavy atom. The van der Waals surface area contributed by atoms with E-state index in [-0.39, 0.29) is 19.9 Å². The first-order valence-corrected chi connectivity index (χ1v) is 10.1. The van der Waals surface area contributed by atoms with Crippen molar-refractivity contribution >= 4 is 9.03 Å². The van der Waals surface area contributed by atoms with Gasteiger partial charge in [0, 0.05) is 17.5 Å². The lowest BCUT2D eigenvalue weighted by Crippen LogP contribution is -2.17. The van der Waals surface area contributed by atoms with Crippen molar-refractivity contribution in [3.8, 4) is 11.5 Å². The van der Waals surface area contributed by atoms with Crippen LogP contribution in [0.2, 0.25) is 0 Å². The Balaban J connectivity index is 2.20. The molecule has 1 heterocycles. The number of aryl methyl sites for hydroxylation is 2. The summed E-state index contributed by atoms with van der Waals surface area (Å²) >= 11 is 0. The van der Waals surface area contributed by atoms with Crippen LogP contribution in [-0.4, -0.2) is 0 Å². The Bertz CT molecular complexity index is 769. The van der Waals surface area contributed by atoms with Gasteiger partial charge in [-0.05, 0) is 35.8 Å². The van der Waals surface area contributed by atoms with Gasteiger partial charge in [0.1, 0.15) is 11.5 Å². The lowest BCUT2D eigenvalue weighted by Gasteiger charge is -2.30. The van der Waals surface area contributed by atoms with Crippen molar-refractivity contribution in [1.29, 1.82) is 0 Å². The van der Waals surface area contributed by atoms with Crippen LogP contribution in [0.1, 0.15) is 74.9 Å². The molecular weight excluding hydrogens is 339 g/mol. The highest BCUT2D eigenvalue weighted by Gasteiger charge is 2.27. The van der Waals surface area contributed by atoms with Crippen LogP contribution < -0.4 is 9.05 Å². The molecule has 1 aliphatic rings. The maximum absolute atomic E-state index is 6.20. The third kappa shape index (κ3) is 3.76. The van der Waals surface area contributed by atoms with Crippen LogP contribution in [-0.2, 0) is 17.3 Å². The zero-order chi connectivity index (χ0) is 19.3. The van der Waals surface area contributed by atoms with Gasteiger partial charge in [0.2, 0.25) is 0 Å². The van der Waals surface area contributed by atoms with Crippen LogP contribution in [0, 0.1) is 13.8 Å². The zero-order valence-electron chi connectivity index (χ0n) is 17.3. The van der Waals surface area contributed by atoms with E-state index in [0.717, 1.165) is 17.9 Å². The summed E-state index contributed by atoms with van der Waals surface area (Å²) in [5.74, 6) is 2.01. The molecule has 0 saturated heterocycles. The van der Waals surface area contributed by atoms with E-state index in [9.17, 15) is 0 Å². The van der Waals surface area contributed by atoms with Crippen molar-refractivity contribution in [2.75, 3.05) is 0 Å². The molecule has 3 heteroatoms. The third-order valence-electron chi connectivity index (χ3n) is 4.90. The lowest BCUT2D eigenvalue weighted by molar-refractivity contribution is 0.467. The quantitative estimate of drug-likeness (QED) is 0.477. The number of fused-ring (bicyclic) bond motifs is 2. The fraction of sp³-hybridized carbons (Fsp3) is 0.478. The second kappa shape index (κ2) is 6.57. The van der Waals surface area contributed by atoms with Crippen LogP contribution in [0.3, 0.4) is 0 Å². The van der Waals surface area contributed by atoms with E-state index in [4.69, 9.17) is 9.05 Å². The van der Waals surface area contributed by atoms with Gasteiger partial charge in [-0.2, -0.15) is 0 Å². The zero-order valence-corrected chi connectivity index (χ0v) is 18.3. The Kier molecular flexibility index (Phi) is 4.86. The molecular formula is C23H31O2P. The third-order valence-corrected chi connectivity index (χ3v) is 5.48. The van der Waals surface area contributed by atoms with Crippen LogP contribution in [0.4, 0.5) is 0 Å². The molecule has 2 nitrogen and oxygen atoms in total. The van der Waals surface area contributed by atoms with Crippen LogP contribution in [0.25, 0.3) is 0 Å². The summed E-state index contributed by atoms with van der Waals surface area (Å²) in [7, 11) is -0.0312. The summed E-state index contributed by atoms with van der Waals surface area (Å²) in [6.07, 6.45) is 0.838. The average molecular weight is 370 g/mol. The smallest absolute Gasteiger partial charge is 0.275 e. The first-order chi connectivity index (χ1) is 12.0. The van der Waals surface area contributed by atoms with Crippen LogP contribution >= 0.6 is 9.03 Å². The lowest BCUT2D eigenvalue weighted by atomic mass is 9.81. The van der Waals surface area contributed by atoms with Gasteiger partial charge in [-0.3, -0.25) is 0 Å². The topological polar surface area (TPSA) is 18.5 Å². The highest BCUT2D eigenvalue weighted by atomic mass is 31.1. The number of hydrogen-bond donors (Lipinski definition) is 0. The van der Waals surface area contributed by atoms with E-state index < -0.39 is 0 Å². The minimum Gasteiger partial charge on any atom is -0.440 e. The van der Waals surface area contributed by atoms with E-state index >= 15 is 0 Å². The highest BCUT2D eigenvalue weighted by Crippen LogP contribution is 2.45. The maximum atomic E-state index is 6.20. The van der Waals surface area contributed by atoms with Crippen LogP contribution in [0.5, 0.6) is 11.5 Å². The predicted octanol–water partition coefficient (Wildman–Crippen LogP) is 6.77. The number of rotatable bonds is 0. The van der Waals surface area contributed by atoms with Gasteiger partial charge in [0.15, 0.2) is 0 Å². The molecule has 0 saturated carbocycles. The van der Waals surface area contributed by atoms with Gasteiger partial charge in [0.25, 0.3) is 9.03 Å². The molecule has 140 valence electrons. The minimum atomic E-state index is -0.0312. The maximum Gasteiger partial charge on any atom is 0.275 e. The van der Waals surface area contributed by atoms with E-state index in [0.29, 0.717) is 0 Å². The molecule has 2 aromatic rings. The van der Waals surface area contributed by atoms with Gasteiger partial charge in [0.05, 0.1) is 0 Å². The monoisotopic (exact) mass is 370 g/mol. The molecule has 26 heavy (non-hydrogen) atoms. The van der Waals surface area contributed by atoms with Crippen LogP contribution in [0.15, 0.2) is 24.3 Å². The molecule has 1 aliphatic heterocycles. The van der Waals surface area contributed by atoms with E-state index in [2.05, 4.69) is 79.7 Å². The molecule has 0 radical (unpaired) electrons. The van der Waals surface area contributed by atoms with Gasteiger partial charge in [-0.15, -0.1) is 0 Å². The molecule has 0 bridgehead atoms. The fourth-order valence-corrected chi connectivity index (χ4v) is 4.31. The van der Waals surface area contributed by atoms with Gasteiger partial charge < -0.3 is 9.05 Å². The number of benzene rings is 2. The summed E-state index contributed by atoms with van der Waals surface area (Å²) in [5.41, 5.74) is 7.68. The highest BCUT2D eigenvalue weighted by molar-refractivity contribution is 7.27. The minimum absolute atomic E-state index is 0.0312. The van der Waals surface area contributed by atoms with Crippen molar-refractivity contribution in [3.05, 3.63) is 57.6 Å². The van der Waals surface area contributed by atoms with Crippen molar-refractivity contribution in [2.24, 2.45) is 0 Å². The molecule has 0 unspecified atom stereocenters. The first kappa shape index (κ1) is 19.2. The van der Waals surface area contributed by atoms with Gasteiger partial charge >= 0.3 is 0 Å². The average Bonchev–Trinajstić information content (AvgIpc) is 2.46. The molecule has 0 aliphatic carbocycles. The SMILES string of the molecule is Cc1cc2c(c(C(C)(C)C)c1)OPOc1c(cc(C)cc1C(C)(C)C)C2. The summed E-state index contributed by atoms with van der Waals surface area (Å²) in [6.45, 7) is 17.8. The number of hydrogen-bond acceptors (Lipinski definition) is 2. The normalized spacial score (nSPS) is 14.5. The molecule has 0 amide bonds. The summed E-state index contributed by atoms with van der Waals surface area (Å²) in [6, 6.07) is 9.04.